The summed E-state index contributed by atoms with van der Waals surface area (Å²) in [4.78, 5) is 2.49. The predicted molar refractivity (Wildman–Crippen MR) is 97.1 cm³/mol. The standard InChI is InChI=1S/C19H22ClN3/c1-16-2-4-18(5-3-16)15-22-10-12-23(13-11-22)21-14-17-6-8-19(20)9-7-17/h2-9,14H,10-13,15H2,1H3/b21-14-. The summed E-state index contributed by atoms with van der Waals surface area (Å²) in [6.45, 7) is 7.18. The third-order valence-electron chi connectivity index (χ3n) is 4.12. The van der Waals surface area contributed by atoms with Crippen molar-refractivity contribution in [2.45, 2.75) is 13.5 Å². The maximum absolute atomic E-state index is 5.89. The summed E-state index contributed by atoms with van der Waals surface area (Å²) >= 11 is 5.89. The van der Waals surface area contributed by atoms with E-state index in [9.17, 15) is 0 Å². The molecule has 0 N–H and O–H groups in total. The zero-order valence-electron chi connectivity index (χ0n) is 13.5. The van der Waals surface area contributed by atoms with Crippen LogP contribution in [0.15, 0.2) is 53.6 Å². The van der Waals surface area contributed by atoms with Gasteiger partial charge in [0.25, 0.3) is 0 Å². The number of rotatable bonds is 4. The third kappa shape index (κ3) is 4.81. The number of benzene rings is 2. The van der Waals surface area contributed by atoms with Gasteiger partial charge in [-0.15, -0.1) is 0 Å². The molecule has 1 aliphatic heterocycles. The van der Waals surface area contributed by atoms with Crippen LogP contribution in [-0.2, 0) is 6.54 Å². The second-order valence-corrected chi connectivity index (χ2v) is 6.45. The highest BCUT2D eigenvalue weighted by atomic mass is 35.5. The molecule has 1 aliphatic rings. The summed E-state index contributed by atoms with van der Waals surface area (Å²) in [7, 11) is 0. The van der Waals surface area contributed by atoms with Gasteiger partial charge in [0, 0.05) is 37.7 Å². The van der Waals surface area contributed by atoms with E-state index in [1.54, 1.807) is 0 Å². The van der Waals surface area contributed by atoms with E-state index >= 15 is 0 Å². The number of halogens is 1. The molecule has 0 radical (unpaired) electrons. The zero-order valence-corrected chi connectivity index (χ0v) is 14.2. The molecule has 2 aromatic rings. The van der Waals surface area contributed by atoms with Crippen LogP contribution >= 0.6 is 11.6 Å². The quantitative estimate of drug-likeness (QED) is 0.795. The first-order chi connectivity index (χ1) is 11.2. The van der Waals surface area contributed by atoms with Gasteiger partial charge in [0.05, 0.1) is 6.21 Å². The molecule has 0 aromatic heterocycles. The second kappa shape index (κ2) is 7.62. The molecule has 3 nitrogen and oxygen atoms in total. The molecule has 23 heavy (non-hydrogen) atoms. The van der Waals surface area contributed by atoms with Crippen molar-refractivity contribution in [1.29, 1.82) is 0 Å². The first-order valence-electron chi connectivity index (χ1n) is 8.01. The summed E-state index contributed by atoms with van der Waals surface area (Å²) < 4.78 is 0. The lowest BCUT2D eigenvalue weighted by Gasteiger charge is -2.33. The van der Waals surface area contributed by atoms with Gasteiger partial charge in [0.15, 0.2) is 0 Å². The molecule has 1 heterocycles. The largest absolute Gasteiger partial charge is 0.295 e. The van der Waals surface area contributed by atoms with Crippen LogP contribution in [0.3, 0.4) is 0 Å². The number of hydrazone groups is 1. The molecule has 3 rings (SSSR count). The Morgan fingerprint density at radius 1 is 0.957 bits per heavy atom. The Bertz CT molecular complexity index is 641. The van der Waals surface area contributed by atoms with Crippen molar-refractivity contribution in [3.63, 3.8) is 0 Å². The number of aryl methyl sites for hydroxylation is 1. The van der Waals surface area contributed by atoms with Gasteiger partial charge in [-0.2, -0.15) is 5.10 Å². The van der Waals surface area contributed by atoms with E-state index in [-0.39, 0.29) is 0 Å². The van der Waals surface area contributed by atoms with E-state index in [1.807, 2.05) is 30.5 Å². The topological polar surface area (TPSA) is 18.8 Å². The lowest BCUT2D eigenvalue weighted by Crippen LogP contribution is -2.43. The van der Waals surface area contributed by atoms with Gasteiger partial charge in [-0.25, -0.2) is 0 Å². The molecule has 0 atom stereocenters. The lowest BCUT2D eigenvalue weighted by atomic mass is 10.1. The Morgan fingerprint density at radius 2 is 1.61 bits per heavy atom. The highest BCUT2D eigenvalue weighted by molar-refractivity contribution is 6.30. The zero-order chi connectivity index (χ0) is 16.1. The SMILES string of the molecule is Cc1ccc(CN2CCN(/N=C\c3ccc(Cl)cc3)CC2)cc1. The predicted octanol–water partition coefficient (Wildman–Crippen LogP) is 3.80. The normalized spacial score (nSPS) is 16.2. The summed E-state index contributed by atoms with van der Waals surface area (Å²) in [6.07, 6.45) is 1.91. The lowest BCUT2D eigenvalue weighted by molar-refractivity contribution is 0.131. The minimum atomic E-state index is 0.756. The maximum atomic E-state index is 5.89. The summed E-state index contributed by atoms with van der Waals surface area (Å²) in [5.74, 6) is 0. The summed E-state index contributed by atoms with van der Waals surface area (Å²) in [6, 6.07) is 16.6. The molecular formula is C19H22ClN3. The molecule has 0 aliphatic carbocycles. The van der Waals surface area contributed by atoms with Crippen molar-refractivity contribution < 1.29 is 0 Å². The highest BCUT2D eigenvalue weighted by Gasteiger charge is 2.15. The average Bonchev–Trinajstić information content (AvgIpc) is 2.58. The van der Waals surface area contributed by atoms with Crippen molar-refractivity contribution in [1.82, 2.24) is 9.91 Å². The van der Waals surface area contributed by atoms with Crippen molar-refractivity contribution in [3.05, 3.63) is 70.2 Å². The monoisotopic (exact) mass is 327 g/mol. The summed E-state index contributed by atoms with van der Waals surface area (Å²) in [5.41, 5.74) is 3.78. The number of piperazine rings is 1. The Morgan fingerprint density at radius 3 is 2.26 bits per heavy atom. The van der Waals surface area contributed by atoms with E-state index in [0.29, 0.717) is 0 Å². The van der Waals surface area contributed by atoms with E-state index in [0.717, 1.165) is 43.3 Å². The van der Waals surface area contributed by atoms with E-state index in [4.69, 9.17) is 11.6 Å². The van der Waals surface area contributed by atoms with Crippen LogP contribution in [0.5, 0.6) is 0 Å². The molecule has 1 fully saturated rings. The van der Waals surface area contributed by atoms with Gasteiger partial charge >= 0.3 is 0 Å². The molecule has 0 amide bonds. The van der Waals surface area contributed by atoms with E-state index < -0.39 is 0 Å². The van der Waals surface area contributed by atoms with Crippen LogP contribution in [0, 0.1) is 6.92 Å². The molecule has 0 unspecified atom stereocenters. The van der Waals surface area contributed by atoms with Crippen molar-refractivity contribution in [3.8, 4) is 0 Å². The molecular weight excluding hydrogens is 306 g/mol. The molecule has 0 saturated carbocycles. The van der Waals surface area contributed by atoms with Crippen LogP contribution in [0.25, 0.3) is 0 Å². The third-order valence-corrected chi connectivity index (χ3v) is 4.37. The van der Waals surface area contributed by atoms with Gasteiger partial charge in [0.2, 0.25) is 0 Å². The highest BCUT2D eigenvalue weighted by Crippen LogP contribution is 2.11. The van der Waals surface area contributed by atoms with Crippen molar-refractivity contribution in [2.75, 3.05) is 26.2 Å². The van der Waals surface area contributed by atoms with E-state index in [2.05, 4.69) is 46.2 Å². The van der Waals surface area contributed by atoms with Crippen LogP contribution in [0.1, 0.15) is 16.7 Å². The molecule has 120 valence electrons. The van der Waals surface area contributed by atoms with Crippen LogP contribution in [0.2, 0.25) is 5.02 Å². The van der Waals surface area contributed by atoms with E-state index in [1.165, 1.54) is 11.1 Å². The van der Waals surface area contributed by atoms with Gasteiger partial charge < -0.3 is 0 Å². The number of nitrogens with zero attached hydrogens (tertiary/aromatic N) is 3. The van der Waals surface area contributed by atoms with Crippen LogP contribution < -0.4 is 0 Å². The Balaban J connectivity index is 1.48. The minimum absolute atomic E-state index is 0.756. The van der Waals surface area contributed by atoms with Crippen LogP contribution in [0.4, 0.5) is 0 Å². The smallest absolute Gasteiger partial charge is 0.0542 e. The molecule has 4 heteroatoms. The molecule has 1 saturated heterocycles. The van der Waals surface area contributed by atoms with Gasteiger partial charge in [-0.3, -0.25) is 9.91 Å². The van der Waals surface area contributed by atoms with Gasteiger partial charge in [-0.1, -0.05) is 53.6 Å². The molecule has 0 spiro atoms. The Labute approximate surface area is 143 Å². The number of hydrogen-bond acceptors (Lipinski definition) is 3. The maximum Gasteiger partial charge on any atom is 0.0542 e. The molecule has 0 bridgehead atoms. The second-order valence-electron chi connectivity index (χ2n) is 6.01. The fourth-order valence-electron chi connectivity index (χ4n) is 2.66. The molecule has 2 aromatic carbocycles. The van der Waals surface area contributed by atoms with Crippen LogP contribution in [-0.4, -0.2) is 42.3 Å². The summed E-state index contributed by atoms with van der Waals surface area (Å²) in [5, 5.41) is 7.47. The van der Waals surface area contributed by atoms with Crippen molar-refractivity contribution >= 4 is 17.8 Å². The fourth-order valence-corrected chi connectivity index (χ4v) is 2.79. The van der Waals surface area contributed by atoms with Crippen molar-refractivity contribution in [2.24, 2.45) is 5.10 Å². The van der Waals surface area contributed by atoms with Gasteiger partial charge in [0.1, 0.15) is 0 Å². The Hall–Kier alpha value is -1.84. The minimum Gasteiger partial charge on any atom is -0.295 e. The fraction of sp³-hybridized carbons (Fsp3) is 0.316. The first-order valence-corrected chi connectivity index (χ1v) is 8.39. The average molecular weight is 328 g/mol. The first kappa shape index (κ1) is 16.0. The van der Waals surface area contributed by atoms with Gasteiger partial charge in [-0.05, 0) is 30.2 Å². The number of hydrogen-bond donors (Lipinski definition) is 0. The Kier molecular flexibility index (Phi) is 5.31.